The molecule has 1 aromatic carbocycles. The SMILES string of the molecule is Cl.c1ccc(OCc2noc(CNCC3CC3)n2)cc1. The molecule has 0 radical (unpaired) electrons. The first-order valence-corrected chi connectivity index (χ1v) is 6.60. The molecule has 1 aliphatic rings. The minimum Gasteiger partial charge on any atom is -0.485 e. The summed E-state index contributed by atoms with van der Waals surface area (Å²) < 4.78 is 10.7. The van der Waals surface area contributed by atoms with Crippen LogP contribution in [0.15, 0.2) is 34.9 Å². The highest BCUT2D eigenvalue weighted by Crippen LogP contribution is 2.27. The second-order valence-corrected chi connectivity index (χ2v) is 4.78. The highest BCUT2D eigenvalue weighted by molar-refractivity contribution is 5.85. The van der Waals surface area contributed by atoms with E-state index in [0.29, 0.717) is 24.9 Å². The Labute approximate surface area is 124 Å². The summed E-state index contributed by atoms with van der Waals surface area (Å²) >= 11 is 0. The lowest BCUT2D eigenvalue weighted by molar-refractivity contribution is 0.284. The number of aromatic nitrogens is 2. The molecule has 6 heteroatoms. The first-order valence-electron chi connectivity index (χ1n) is 6.60. The van der Waals surface area contributed by atoms with Gasteiger partial charge in [0, 0.05) is 0 Å². The predicted octanol–water partition coefficient (Wildman–Crippen LogP) is 2.57. The molecule has 0 bridgehead atoms. The standard InChI is InChI=1S/C14H17N3O2.ClH/c1-2-4-12(5-3-1)18-10-13-16-14(19-17-13)9-15-8-11-6-7-11;/h1-5,11,15H,6-10H2;1H. The summed E-state index contributed by atoms with van der Waals surface area (Å²) in [5, 5.41) is 7.21. The third kappa shape index (κ3) is 4.51. The number of hydrogen-bond donors (Lipinski definition) is 1. The molecule has 3 rings (SSSR count). The Kier molecular flexibility index (Phi) is 5.38. The van der Waals surface area contributed by atoms with E-state index in [1.54, 1.807) is 0 Å². The van der Waals surface area contributed by atoms with Gasteiger partial charge in [0.15, 0.2) is 6.61 Å². The van der Waals surface area contributed by atoms with Crippen molar-refractivity contribution >= 4 is 12.4 Å². The van der Waals surface area contributed by atoms with Gasteiger partial charge in [0.1, 0.15) is 5.75 Å². The van der Waals surface area contributed by atoms with Gasteiger partial charge in [-0.05, 0) is 37.4 Å². The summed E-state index contributed by atoms with van der Waals surface area (Å²) in [4.78, 5) is 4.28. The van der Waals surface area contributed by atoms with Crippen LogP contribution < -0.4 is 10.1 Å². The van der Waals surface area contributed by atoms with E-state index in [0.717, 1.165) is 18.2 Å². The predicted molar refractivity (Wildman–Crippen MR) is 76.8 cm³/mol. The summed E-state index contributed by atoms with van der Waals surface area (Å²) in [7, 11) is 0. The number of nitrogens with zero attached hydrogens (tertiary/aromatic N) is 2. The normalized spacial score (nSPS) is 13.8. The molecule has 1 fully saturated rings. The lowest BCUT2D eigenvalue weighted by Gasteiger charge is -2.01. The third-order valence-electron chi connectivity index (χ3n) is 3.03. The first kappa shape index (κ1) is 14.8. The summed E-state index contributed by atoms with van der Waals surface area (Å²) in [6.07, 6.45) is 2.68. The Balaban J connectivity index is 0.00000147. The second-order valence-electron chi connectivity index (χ2n) is 4.78. The van der Waals surface area contributed by atoms with Gasteiger partial charge >= 0.3 is 0 Å². The first-order chi connectivity index (χ1) is 9.40. The minimum atomic E-state index is 0. The van der Waals surface area contributed by atoms with Crippen LogP contribution in [0.25, 0.3) is 0 Å². The van der Waals surface area contributed by atoms with Crippen LogP contribution in [-0.4, -0.2) is 16.7 Å². The molecule has 1 aliphatic carbocycles. The van der Waals surface area contributed by atoms with E-state index < -0.39 is 0 Å². The smallest absolute Gasteiger partial charge is 0.240 e. The van der Waals surface area contributed by atoms with E-state index in [-0.39, 0.29) is 12.4 Å². The monoisotopic (exact) mass is 295 g/mol. The van der Waals surface area contributed by atoms with E-state index in [1.807, 2.05) is 30.3 Å². The zero-order chi connectivity index (χ0) is 12.9. The van der Waals surface area contributed by atoms with Crippen LogP contribution >= 0.6 is 12.4 Å². The molecule has 0 unspecified atom stereocenters. The summed E-state index contributed by atoms with van der Waals surface area (Å²) in [5.41, 5.74) is 0. The van der Waals surface area contributed by atoms with Gasteiger partial charge < -0.3 is 14.6 Å². The van der Waals surface area contributed by atoms with Gasteiger partial charge in [-0.2, -0.15) is 4.98 Å². The highest BCUT2D eigenvalue weighted by Gasteiger charge is 2.20. The van der Waals surface area contributed by atoms with Gasteiger partial charge in [-0.1, -0.05) is 23.4 Å². The molecule has 1 heterocycles. The van der Waals surface area contributed by atoms with Gasteiger partial charge in [0.25, 0.3) is 0 Å². The molecule has 20 heavy (non-hydrogen) atoms. The lowest BCUT2D eigenvalue weighted by Crippen LogP contribution is -2.16. The molecule has 0 aliphatic heterocycles. The van der Waals surface area contributed by atoms with Crippen molar-refractivity contribution in [1.82, 2.24) is 15.5 Å². The quantitative estimate of drug-likeness (QED) is 0.851. The van der Waals surface area contributed by atoms with Gasteiger partial charge in [0.05, 0.1) is 6.54 Å². The summed E-state index contributed by atoms with van der Waals surface area (Å²) in [5.74, 6) is 2.85. The van der Waals surface area contributed by atoms with Gasteiger partial charge in [-0.3, -0.25) is 0 Å². The van der Waals surface area contributed by atoms with Crippen LogP contribution in [-0.2, 0) is 13.2 Å². The molecule has 1 N–H and O–H groups in total. The number of hydrogen-bond acceptors (Lipinski definition) is 5. The fourth-order valence-electron chi connectivity index (χ4n) is 1.79. The van der Waals surface area contributed by atoms with Crippen LogP contribution in [0.3, 0.4) is 0 Å². The van der Waals surface area contributed by atoms with Crippen molar-refractivity contribution in [2.45, 2.75) is 26.0 Å². The number of nitrogens with one attached hydrogen (secondary N) is 1. The van der Waals surface area contributed by atoms with E-state index in [2.05, 4.69) is 15.5 Å². The van der Waals surface area contributed by atoms with E-state index in [9.17, 15) is 0 Å². The van der Waals surface area contributed by atoms with Crippen molar-refractivity contribution in [2.75, 3.05) is 6.54 Å². The maximum Gasteiger partial charge on any atom is 0.240 e. The number of ether oxygens (including phenoxy) is 1. The number of rotatable bonds is 7. The molecule has 1 aromatic heterocycles. The molecule has 0 saturated heterocycles. The Morgan fingerprint density at radius 2 is 2.05 bits per heavy atom. The van der Waals surface area contributed by atoms with Crippen molar-refractivity contribution in [1.29, 1.82) is 0 Å². The Hall–Kier alpha value is -1.59. The van der Waals surface area contributed by atoms with Crippen molar-refractivity contribution in [2.24, 2.45) is 5.92 Å². The zero-order valence-corrected chi connectivity index (χ0v) is 11.9. The Bertz CT molecular complexity index is 514. The molecular formula is C14H18ClN3O2. The molecular weight excluding hydrogens is 278 g/mol. The van der Waals surface area contributed by atoms with Gasteiger partial charge in [0.2, 0.25) is 11.7 Å². The molecule has 1 saturated carbocycles. The van der Waals surface area contributed by atoms with E-state index in [4.69, 9.17) is 9.26 Å². The molecule has 0 spiro atoms. The van der Waals surface area contributed by atoms with E-state index in [1.165, 1.54) is 12.8 Å². The van der Waals surface area contributed by atoms with Crippen LogP contribution in [0.1, 0.15) is 24.6 Å². The fraction of sp³-hybridized carbons (Fsp3) is 0.429. The fourth-order valence-corrected chi connectivity index (χ4v) is 1.79. The average Bonchev–Trinajstić information content (AvgIpc) is 3.16. The zero-order valence-electron chi connectivity index (χ0n) is 11.1. The third-order valence-corrected chi connectivity index (χ3v) is 3.03. The minimum absolute atomic E-state index is 0. The van der Waals surface area contributed by atoms with Crippen LogP contribution in [0.5, 0.6) is 5.75 Å². The molecule has 2 aromatic rings. The van der Waals surface area contributed by atoms with Gasteiger partial charge in [-0.15, -0.1) is 12.4 Å². The molecule has 0 amide bonds. The molecule has 108 valence electrons. The van der Waals surface area contributed by atoms with Crippen molar-refractivity contribution in [3.05, 3.63) is 42.0 Å². The lowest BCUT2D eigenvalue weighted by atomic mass is 10.3. The van der Waals surface area contributed by atoms with Crippen molar-refractivity contribution < 1.29 is 9.26 Å². The van der Waals surface area contributed by atoms with E-state index >= 15 is 0 Å². The van der Waals surface area contributed by atoms with Crippen LogP contribution in [0, 0.1) is 5.92 Å². The summed E-state index contributed by atoms with van der Waals surface area (Å²) in [6.45, 7) is 2.00. The largest absolute Gasteiger partial charge is 0.485 e. The maximum absolute atomic E-state index is 5.55. The highest BCUT2D eigenvalue weighted by atomic mass is 35.5. The van der Waals surface area contributed by atoms with Gasteiger partial charge in [-0.25, -0.2) is 0 Å². The molecule has 0 atom stereocenters. The Morgan fingerprint density at radius 3 is 2.80 bits per heavy atom. The number of halogens is 1. The maximum atomic E-state index is 5.55. The number of benzene rings is 1. The van der Waals surface area contributed by atoms with Crippen LogP contribution in [0.2, 0.25) is 0 Å². The topological polar surface area (TPSA) is 60.2 Å². The second kappa shape index (κ2) is 7.26. The Morgan fingerprint density at radius 1 is 1.25 bits per heavy atom. The van der Waals surface area contributed by atoms with Crippen LogP contribution in [0.4, 0.5) is 0 Å². The number of para-hydroxylation sites is 1. The van der Waals surface area contributed by atoms with Crippen molar-refractivity contribution in [3.8, 4) is 5.75 Å². The molecule has 5 nitrogen and oxygen atoms in total. The van der Waals surface area contributed by atoms with Crippen molar-refractivity contribution in [3.63, 3.8) is 0 Å². The summed E-state index contributed by atoms with van der Waals surface area (Å²) in [6, 6.07) is 9.61. The average molecular weight is 296 g/mol.